The van der Waals surface area contributed by atoms with Gasteiger partial charge in [-0.1, -0.05) is 30.3 Å². The molecule has 1 unspecified atom stereocenters. The zero-order valence-corrected chi connectivity index (χ0v) is 22.9. The maximum atomic E-state index is 12.9. The number of thioether (sulfide) groups is 1. The molecule has 0 saturated heterocycles. The molecule has 1 aliphatic carbocycles. The van der Waals surface area contributed by atoms with Gasteiger partial charge in [-0.05, 0) is 68.9 Å². The molecular formula is C25H29ClN4O4S2. The summed E-state index contributed by atoms with van der Waals surface area (Å²) in [5.74, 6) is 1.47. The van der Waals surface area contributed by atoms with Gasteiger partial charge in [0.2, 0.25) is 5.91 Å². The Morgan fingerprint density at radius 1 is 1.25 bits per heavy atom. The van der Waals surface area contributed by atoms with Crippen LogP contribution in [0.5, 0.6) is 5.75 Å². The summed E-state index contributed by atoms with van der Waals surface area (Å²) in [6.07, 6.45) is 2.76. The average Bonchev–Trinajstić information content (AvgIpc) is 3.42. The smallest absolute Gasteiger partial charge is 0.341 e. The van der Waals surface area contributed by atoms with Crippen LogP contribution in [0.3, 0.4) is 0 Å². The maximum absolute atomic E-state index is 12.9. The lowest BCUT2D eigenvalue weighted by Crippen LogP contribution is -2.18. The van der Waals surface area contributed by atoms with Crippen LogP contribution in [0.2, 0.25) is 5.02 Å². The van der Waals surface area contributed by atoms with Gasteiger partial charge in [0, 0.05) is 16.4 Å². The number of carbonyl (C=O) groups excluding carboxylic acids is 2. The van der Waals surface area contributed by atoms with Gasteiger partial charge >= 0.3 is 5.97 Å². The van der Waals surface area contributed by atoms with Crippen LogP contribution < -0.4 is 10.1 Å². The summed E-state index contributed by atoms with van der Waals surface area (Å²) in [6, 6.07) is 7.11. The molecule has 0 saturated carbocycles. The maximum Gasteiger partial charge on any atom is 0.341 e. The van der Waals surface area contributed by atoms with E-state index in [1.54, 1.807) is 31.2 Å². The van der Waals surface area contributed by atoms with Crippen molar-refractivity contribution in [2.45, 2.75) is 58.3 Å². The number of esters is 1. The Bertz CT molecular complexity index is 1230. The minimum atomic E-state index is -0.372. The number of nitrogens with zero attached hydrogens (tertiary/aromatic N) is 3. The molecule has 1 N–H and O–H groups in total. The van der Waals surface area contributed by atoms with Gasteiger partial charge in [0.15, 0.2) is 11.0 Å². The van der Waals surface area contributed by atoms with Crippen LogP contribution in [-0.2, 0) is 35.5 Å². The molecule has 2 heterocycles. The molecule has 8 nitrogen and oxygen atoms in total. The standard InChI is InChI=1S/C25H29ClN4O4S2/c1-4-30-20(13-34-17-9-7-16(26)8-10-17)28-29-25(30)35-14-21(31)27-23-22(24(32)33-5-2)18-11-6-15(3)12-19(18)36-23/h7-10,15H,4-6,11-14H2,1-3H3,(H,27,31). The summed E-state index contributed by atoms with van der Waals surface area (Å²) < 4.78 is 13.0. The lowest BCUT2D eigenvalue weighted by atomic mass is 9.88. The number of ether oxygens (including phenoxy) is 2. The molecule has 0 aliphatic heterocycles. The number of fused-ring (bicyclic) bond motifs is 1. The first-order valence-electron chi connectivity index (χ1n) is 11.9. The van der Waals surface area contributed by atoms with Crippen molar-refractivity contribution >= 4 is 51.6 Å². The molecule has 1 aromatic carbocycles. The van der Waals surface area contributed by atoms with E-state index < -0.39 is 0 Å². The number of aromatic nitrogens is 3. The zero-order chi connectivity index (χ0) is 25.7. The van der Waals surface area contributed by atoms with Crippen molar-refractivity contribution in [1.82, 2.24) is 14.8 Å². The van der Waals surface area contributed by atoms with Gasteiger partial charge in [0.1, 0.15) is 17.4 Å². The van der Waals surface area contributed by atoms with Crippen LogP contribution >= 0.6 is 34.7 Å². The summed E-state index contributed by atoms with van der Waals surface area (Å²) in [6.45, 7) is 7.16. The molecule has 0 spiro atoms. The van der Waals surface area contributed by atoms with E-state index in [-0.39, 0.29) is 24.2 Å². The number of hydrogen-bond donors (Lipinski definition) is 1. The Labute approximate surface area is 223 Å². The molecule has 2 aromatic heterocycles. The number of nitrogens with one attached hydrogen (secondary N) is 1. The second kappa shape index (κ2) is 12.1. The zero-order valence-electron chi connectivity index (χ0n) is 20.5. The highest BCUT2D eigenvalue weighted by molar-refractivity contribution is 7.99. The van der Waals surface area contributed by atoms with Gasteiger partial charge in [-0.15, -0.1) is 21.5 Å². The molecule has 4 rings (SSSR count). The SMILES string of the molecule is CCOC(=O)c1c(NC(=O)CSc2nnc(COc3ccc(Cl)cc3)n2CC)sc2c1CCC(C)C2. The molecule has 0 bridgehead atoms. The third kappa shape index (κ3) is 6.22. The van der Waals surface area contributed by atoms with Gasteiger partial charge in [-0.2, -0.15) is 0 Å². The van der Waals surface area contributed by atoms with Crippen LogP contribution in [0.4, 0.5) is 5.00 Å². The lowest BCUT2D eigenvalue weighted by molar-refractivity contribution is -0.113. The van der Waals surface area contributed by atoms with E-state index in [0.717, 1.165) is 29.7 Å². The Kier molecular flexibility index (Phi) is 8.92. The fraction of sp³-hybridized carbons (Fsp3) is 0.440. The molecule has 1 atom stereocenters. The predicted octanol–water partition coefficient (Wildman–Crippen LogP) is 5.62. The van der Waals surface area contributed by atoms with E-state index in [4.69, 9.17) is 21.1 Å². The van der Waals surface area contributed by atoms with Crippen LogP contribution in [-0.4, -0.2) is 39.0 Å². The number of amides is 1. The van der Waals surface area contributed by atoms with Crippen LogP contribution in [0.15, 0.2) is 29.4 Å². The number of hydrogen-bond acceptors (Lipinski definition) is 8. The highest BCUT2D eigenvalue weighted by Gasteiger charge is 2.29. The Balaban J connectivity index is 1.41. The Morgan fingerprint density at radius 3 is 2.75 bits per heavy atom. The van der Waals surface area contributed by atoms with Crippen molar-refractivity contribution in [3.8, 4) is 5.75 Å². The van der Waals surface area contributed by atoms with Crippen LogP contribution in [0, 0.1) is 5.92 Å². The second-order valence-corrected chi connectivity index (χ2v) is 11.0. The summed E-state index contributed by atoms with van der Waals surface area (Å²) in [7, 11) is 0. The molecule has 0 radical (unpaired) electrons. The van der Waals surface area contributed by atoms with Crippen molar-refractivity contribution in [3.63, 3.8) is 0 Å². The minimum Gasteiger partial charge on any atom is -0.486 e. The minimum absolute atomic E-state index is 0.136. The Hall–Kier alpha value is -2.56. The average molecular weight is 549 g/mol. The number of benzene rings is 1. The van der Waals surface area contributed by atoms with Crippen LogP contribution in [0.1, 0.15) is 53.8 Å². The largest absolute Gasteiger partial charge is 0.486 e. The normalized spacial score (nSPS) is 14.8. The predicted molar refractivity (Wildman–Crippen MR) is 142 cm³/mol. The van der Waals surface area contributed by atoms with Crippen molar-refractivity contribution in [3.05, 3.63) is 51.1 Å². The third-order valence-electron chi connectivity index (χ3n) is 5.87. The van der Waals surface area contributed by atoms with E-state index >= 15 is 0 Å². The van der Waals surface area contributed by atoms with Gasteiger partial charge in [0.25, 0.3) is 0 Å². The number of anilines is 1. The fourth-order valence-electron chi connectivity index (χ4n) is 4.08. The lowest BCUT2D eigenvalue weighted by Gasteiger charge is -2.18. The molecule has 0 fully saturated rings. The van der Waals surface area contributed by atoms with E-state index in [9.17, 15) is 9.59 Å². The van der Waals surface area contributed by atoms with E-state index in [0.29, 0.717) is 51.4 Å². The van der Waals surface area contributed by atoms with Crippen molar-refractivity contribution in [1.29, 1.82) is 0 Å². The van der Waals surface area contributed by atoms with E-state index in [1.165, 1.54) is 23.1 Å². The van der Waals surface area contributed by atoms with Crippen LogP contribution in [0.25, 0.3) is 0 Å². The van der Waals surface area contributed by atoms with Gasteiger partial charge < -0.3 is 19.4 Å². The van der Waals surface area contributed by atoms with Crippen molar-refractivity contribution < 1.29 is 19.1 Å². The first-order chi connectivity index (χ1) is 17.4. The quantitative estimate of drug-likeness (QED) is 0.259. The highest BCUT2D eigenvalue weighted by atomic mass is 35.5. The molecular weight excluding hydrogens is 520 g/mol. The van der Waals surface area contributed by atoms with E-state index in [2.05, 4.69) is 22.4 Å². The number of halogens is 1. The van der Waals surface area contributed by atoms with Gasteiger partial charge in [-0.25, -0.2) is 4.79 Å². The first kappa shape index (κ1) is 26.5. The molecule has 36 heavy (non-hydrogen) atoms. The highest BCUT2D eigenvalue weighted by Crippen LogP contribution is 2.40. The Morgan fingerprint density at radius 2 is 2.03 bits per heavy atom. The first-order valence-corrected chi connectivity index (χ1v) is 14.1. The van der Waals surface area contributed by atoms with Crippen molar-refractivity contribution in [2.24, 2.45) is 5.92 Å². The molecule has 11 heteroatoms. The molecule has 3 aromatic rings. The monoisotopic (exact) mass is 548 g/mol. The number of carbonyl (C=O) groups is 2. The van der Waals surface area contributed by atoms with Crippen molar-refractivity contribution in [2.75, 3.05) is 17.7 Å². The van der Waals surface area contributed by atoms with E-state index in [1.807, 2.05) is 11.5 Å². The van der Waals surface area contributed by atoms with Gasteiger partial charge in [-0.3, -0.25) is 4.79 Å². The summed E-state index contributed by atoms with van der Waals surface area (Å²) >= 11 is 8.70. The topological polar surface area (TPSA) is 95.3 Å². The summed E-state index contributed by atoms with van der Waals surface area (Å²) in [4.78, 5) is 26.7. The summed E-state index contributed by atoms with van der Waals surface area (Å²) in [5, 5.41) is 13.3. The fourth-order valence-corrected chi connectivity index (χ4v) is 6.44. The summed E-state index contributed by atoms with van der Waals surface area (Å²) in [5.41, 5.74) is 1.54. The number of thiophene rings is 1. The number of rotatable bonds is 10. The molecule has 192 valence electrons. The molecule has 1 amide bonds. The second-order valence-electron chi connectivity index (χ2n) is 8.50. The molecule has 1 aliphatic rings. The van der Waals surface area contributed by atoms with Gasteiger partial charge in [0.05, 0.1) is 17.9 Å². The third-order valence-corrected chi connectivity index (χ3v) is 8.26.